The molecular formula is C64H121O11P. The molecule has 3 atom stereocenters. The van der Waals surface area contributed by atoms with Crippen molar-refractivity contribution in [3.05, 3.63) is 24.3 Å². The number of hydrogen-bond donors (Lipinski definition) is 2. The number of aliphatic hydroxyl groups excluding tert-OH is 1. The van der Waals surface area contributed by atoms with Crippen LogP contribution in [0.1, 0.15) is 329 Å². The normalized spacial score (nSPS) is 13.4. The Morgan fingerprint density at radius 3 is 0.947 bits per heavy atom. The summed E-state index contributed by atoms with van der Waals surface area (Å²) in [6.45, 7) is 4.66. The molecule has 11 nitrogen and oxygen atoms in total. The summed E-state index contributed by atoms with van der Waals surface area (Å²) in [5, 5.41) is 9.81. The molecule has 0 heterocycles. The van der Waals surface area contributed by atoms with Crippen LogP contribution in [-0.4, -0.2) is 66.5 Å². The SMILES string of the molecule is CCCC/C=C\CCCCCCCC(=O)OC(CO)COP(=O)(O)OCC(COC(=O)CCCCCCCCCCC/C=C\CCCCCCCC)OC(=O)CCCCCCCCCCCCCCCCCCCCC. The van der Waals surface area contributed by atoms with Gasteiger partial charge in [0.2, 0.25) is 0 Å². The maximum absolute atomic E-state index is 13.0. The molecule has 2 N–H and O–H groups in total. The zero-order valence-electron chi connectivity index (χ0n) is 49.7. The van der Waals surface area contributed by atoms with E-state index in [1.807, 2.05) is 0 Å². The molecule has 0 amide bonds. The molecule has 0 aliphatic carbocycles. The highest BCUT2D eigenvalue weighted by Crippen LogP contribution is 2.43. The van der Waals surface area contributed by atoms with Gasteiger partial charge in [0.15, 0.2) is 6.10 Å². The van der Waals surface area contributed by atoms with Gasteiger partial charge in [-0.25, -0.2) is 4.57 Å². The van der Waals surface area contributed by atoms with Crippen molar-refractivity contribution < 1.29 is 52.2 Å². The predicted octanol–water partition coefficient (Wildman–Crippen LogP) is 19.4. The average Bonchev–Trinajstić information content (AvgIpc) is 3.41. The van der Waals surface area contributed by atoms with E-state index in [1.54, 1.807) is 0 Å². The van der Waals surface area contributed by atoms with E-state index in [-0.39, 0.29) is 25.9 Å². The van der Waals surface area contributed by atoms with Crippen molar-refractivity contribution in [2.45, 2.75) is 341 Å². The first-order valence-electron chi connectivity index (χ1n) is 32.2. The number of esters is 3. The van der Waals surface area contributed by atoms with Gasteiger partial charge in [-0.1, -0.05) is 270 Å². The smallest absolute Gasteiger partial charge is 0.462 e. The molecule has 12 heteroatoms. The third-order valence-electron chi connectivity index (χ3n) is 14.3. The lowest BCUT2D eigenvalue weighted by molar-refractivity contribution is -0.161. The minimum Gasteiger partial charge on any atom is -0.462 e. The fourth-order valence-corrected chi connectivity index (χ4v) is 10.2. The summed E-state index contributed by atoms with van der Waals surface area (Å²) in [5.41, 5.74) is 0. The second-order valence-corrected chi connectivity index (χ2v) is 23.4. The van der Waals surface area contributed by atoms with E-state index in [9.17, 15) is 28.9 Å². The molecule has 0 aromatic carbocycles. The first-order chi connectivity index (χ1) is 37.2. The molecule has 0 spiro atoms. The van der Waals surface area contributed by atoms with Crippen molar-refractivity contribution in [2.75, 3.05) is 26.4 Å². The lowest BCUT2D eigenvalue weighted by Gasteiger charge is -2.21. The molecule has 0 radical (unpaired) electrons. The van der Waals surface area contributed by atoms with Crippen LogP contribution < -0.4 is 0 Å². The number of ether oxygens (including phenoxy) is 3. The number of hydrogen-bond acceptors (Lipinski definition) is 10. The molecule has 0 rings (SSSR count). The van der Waals surface area contributed by atoms with Crippen molar-refractivity contribution in [1.29, 1.82) is 0 Å². The van der Waals surface area contributed by atoms with Crippen LogP contribution in [0.25, 0.3) is 0 Å². The summed E-state index contributed by atoms with van der Waals surface area (Å²) in [6, 6.07) is 0. The van der Waals surface area contributed by atoms with Crippen LogP contribution in [0.2, 0.25) is 0 Å². The third kappa shape index (κ3) is 56.7. The molecule has 0 aliphatic rings. The van der Waals surface area contributed by atoms with Crippen molar-refractivity contribution in [1.82, 2.24) is 0 Å². The number of allylic oxidation sites excluding steroid dienone is 4. The zero-order chi connectivity index (χ0) is 55.5. The molecule has 0 bridgehead atoms. The van der Waals surface area contributed by atoms with Crippen molar-refractivity contribution in [3.8, 4) is 0 Å². The minimum absolute atomic E-state index is 0.171. The number of rotatable bonds is 61. The Morgan fingerprint density at radius 1 is 0.355 bits per heavy atom. The summed E-state index contributed by atoms with van der Waals surface area (Å²) in [4.78, 5) is 48.7. The third-order valence-corrected chi connectivity index (χ3v) is 15.3. The second kappa shape index (κ2) is 59.1. The topological polar surface area (TPSA) is 155 Å². The van der Waals surface area contributed by atoms with Crippen LogP contribution in [0, 0.1) is 0 Å². The molecule has 0 aromatic rings. The Balaban J connectivity index is 4.64. The number of phosphoric acid groups is 1. The first-order valence-corrected chi connectivity index (χ1v) is 33.7. The van der Waals surface area contributed by atoms with Crippen LogP contribution in [0.5, 0.6) is 0 Å². The average molecular weight is 1100 g/mol. The predicted molar refractivity (Wildman–Crippen MR) is 316 cm³/mol. The van der Waals surface area contributed by atoms with Crippen molar-refractivity contribution >= 4 is 25.7 Å². The zero-order valence-corrected chi connectivity index (χ0v) is 50.6. The quantitative estimate of drug-likeness (QED) is 0.0197. The summed E-state index contributed by atoms with van der Waals surface area (Å²) in [6.07, 6.45) is 61.4. The monoisotopic (exact) mass is 1100 g/mol. The van der Waals surface area contributed by atoms with Gasteiger partial charge in [0, 0.05) is 19.3 Å². The summed E-state index contributed by atoms with van der Waals surface area (Å²) >= 11 is 0. The van der Waals surface area contributed by atoms with Gasteiger partial charge in [0.1, 0.15) is 12.7 Å². The standard InChI is InChI=1S/C64H121O11P/c1-4-7-10-13-16-19-22-24-26-28-30-32-34-36-39-41-44-47-50-53-62(66)71-57-61(75-64(68)55-52-49-46-43-40-37-35-33-31-29-27-25-23-20-17-14-11-8-5-2)59-73-76(69,70)72-58-60(56-65)74-63(67)54-51-48-45-42-38-21-18-15-12-9-6-3/h15,18,24,26,60-61,65H,4-14,16-17,19-23,25,27-59H2,1-3H3,(H,69,70)/b18-15-,26-24-. The maximum Gasteiger partial charge on any atom is 0.472 e. The van der Waals surface area contributed by atoms with Gasteiger partial charge in [-0.3, -0.25) is 23.4 Å². The largest absolute Gasteiger partial charge is 0.472 e. The highest BCUT2D eigenvalue weighted by Gasteiger charge is 2.28. The van der Waals surface area contributed by atoms with Crippen LogP contribution in [0.3, 0.4) is 0 Å². The van der Waals surface area contributed by atoms with Crippen molar-refractivity contribution in [3.63, 3.8) is 0 Å². The first kappa shape index (κ1) is 74.0. The fourth-order valence-electron chi connectivity index (χ4n) is 9.39. The van der Waals surface area contributed by atoms with E-state index >= 15 is 0 Å². The molecule has 3 unspecified atom stereocenters. The fraction of sp³-hybridized carbons (Fsp3) is 0.891. The summed E-state index contributed by atoms with van der Waals surface area (Å²) in [7, 11) is -4.75. The molecule has 0 saturated heterocycles. The molecule has 76 heavy (non-hydrogen) atoms. The van der Waals surface area contributed by atoms with Gasteiger partial charge in [0.25, 0.3) is 0 Å². The minimum atomic E-state index is -4.75. The van der Waals surface area contributed by atoms with E-state index in [2.05, 4.69) is 45.1 Å². The number of carbonyl (C=O) groups excluding carboxylic acids is 3. The van der Waals surface area contributed by atoms with E-state index in [0.717, 1.165) is 77.0 Å². The Morgan fingerprint density at radius 2 is 0.618 bits per heavy atom. The number of aliphatic hydroxyl groups is 1. The Hall–Kier alpha value is -2.04. The Bertz CT molecular complexity index is 1370. The summed E-state index contributed by atoms with van der Waals surface area (Å²) < 4.78 is 39.6. The van der Waals surface area contributed by atoms with Gasteiger partial charge in [0.05, 0.1) is 19.8 Å². The Kier molecular flexibility index (Phi) is 57.5. The van der Waals surface area contributed by atoms with E-state index in [4.69, 9.17) is 23.3 Å². The maximum atomic E-state index is 13.0. The van der Waals surface area contributed by atoms with Crippen LogP contribution in [0.15, 0.2) is 24.3 Å². The van der Waals surface area contributed by atoms with Gasteiger partial charge in [-0.15, -0.1) is 0 Å². The van der Waals surface area contributed by atoms with Gasteiger partial charge in [-0.05, 0) is 64.2 Å². The van der Waals surface area contributed by atoms with Gasteiger partial charge < -0.3 is 24.2 Å². The molecule has 0 fully saturated rings. The van der Waals surface area contributed by atoms with E-state index < -0.39 is 57.8 Å². The number of phosphoric ester groups is 1. The molecule has 0 aromatic heterocycles. The lowest BCUT2D eigenvalue weighted by Crippen LogP contribution is -2.30. The van der Waals surface area contributed by atoms with Crippen LogP contribution in [0.4, 0.5) is 0 Å². The van der Waals surface area contributed by atoms with Crippen LogP contribution in [-0.2, 0) is 42.2 Å². The highest BCUT2D eigenvalue weighted by atomic mass is 31.2. The molecule has 0 saturated carbocycles. The van der Waals surface area contributed by atoms with Crippen molar-refractivity contribution in [2.24, 2.45) is 0 Å². The molecule has 0 aliphatic heterocycles. The number of unbranched alkanes of at least 4 members (excludes halogenated alkanes) is 40. The highest BCUT2D eigenvalue weighted by molar-refractivity contribution is 7.47. The second-order valence-electron chi connectivity index (χ2n) is 21.9. The van der Waals surface area contributed by atoms with Crippen LogP contribution >= 0.6 is 7.82 Å². The summed E-state index contributed by atoms with van der Waals surface area (Å²) in [5.74, 6) is -1.45. The lowest BCUT2D eigenvalue weighted by atomic mass is 10.0. The number of carbonyl (C=O) groups is 3. The van der Waals surface area contributed by atoms with E-state index in [1.165, 1.54) is 193 Å². The Labute approximate surface area is 468 Å². The van der Waals surface area contributed by atoms with Gasteiger partial charge in [-0.2, -0.15) is 0 Å². The van der Waals surface area contributed by atoms with E-state index in [0.29, 0.717) is 19.3 Å². The molecule has 448 valence electrons. The van der Waals surface area contributed by atoms with Gasteiger partial charge >= 0.3 is 25.7 Å². The molecular weight excluding hydrogens is 976 g/mol.